The summed E-state index contributed by atoms with van der Waals surface area (Å²) in [4.78, 5) is 0. The predicted octanol–water partition coefficient (Wildman–Crippen LogP) is 1.15. The second kappa shape index (κ2) is 2.42. The Balaban J connectivity index is 2.31. The number of rotatable bonds is 0. The standard InChI is InChI=1S/C9H8N2O2S/c12-14(13)10-8-5-1-3-7-4-2-6-11(14)9(7)8/h1,3,5,10H,2,4H2. The molecule has 0 bridgehead atoms. The van der Waals surface area contributed by atoms with Crippen molar-refractivity contribution in [2.45, 2.75) is 12.8 Å². The normalized spacial score (nSPS) is 21.6. The highest BCUT2D eigenvalue weighted by Crippen LogP contribution is 2.42. The molecule has 0 amide bonds. The molecule has 2 radical (unpaired) electrons. The molecule has 5 heteroatoms. The van der Waals surface area contributed by atoms with Crippen LogP contribution >= 0.6 is 0 Å². The summed E-state index contributed by atoms with van der Waals surface area (Å²) < 4.78 is 26.9. The Hall–Kier alpha value is -1.23. The van der Waals surface area contributed by atoms with Crippen LogP contribution in [0.5, 0.6) is 0 Å². The van der Waals surface area contributed by atoms with Crippen LogP contribution in [0.25, 0.3) is 0 Å². The lowest BCUT2D eigenvalue weighted by molar-refractivity contribution is 0.599. The topological polar surface area (TPSA) is 49.4 Å². The Bertz CT molecular complexity index is 496. The zero-order valence-corrected chi connectivity index (χ0v) is 8.13. The first-order valence-electron chi connectivity index (χ1n) is 4.37. The van der Waals surface area contributed by atoms with E-state index >= 15 is 0 Å². The van der Waals surface area contributed by atoms with E-state index in [1.54, 1.807) is 6.07 Å². The van der Waals surface area contributed by atoms with Crippen LogP contribution in [-0.4, -0.2) is 8.42 Å². The van der Waals surface area contributed by atoms with Crippen LogP contribution in [0.3, 0.4) is 0 Å². The zero-order valence-electron chi connectivity index (χ0n) is 7.32. The monoisotopic (exact) mass is 208 g/mol. The second-order valence-corrected chi connectivity index (χ2v) is 4.86. The van der Waals surface area contributed by atoms with Gasteiger partial charge < -0.3 is 0 Å². The van der Waals surface area contributed by atoms with Crippen LogP contribution in [0.1, 0.15) is 12.0 Å². The van der Waals surface area contributed by atoms with E-state index in [1.165, 1.54) is 4.31 Å². The predicted molar refractivity (Wildman–Crippen MR) is 53.0 cm³/mol. The molecule has 2 aliphatic heterocycles. The van der Waals surface area contributed by atoms with Gasteiger partial charge in [0.15, 0.2) is 0 Å². The third-order valence-corrected chi connectivity index (χ3v) is 3.72. The summed E-state index contributed by atoms with van der Waals surface area (Å²) in [6.07, 6.45) is 1.51. The molecule has 0 aromatic heterocycles. The van der Waals surface area contributed by atoms with Crippen molar-refractivity contribution in [3.63, 3.8) is 0 Å². The fraction of sp³-hybridized carbons (Fsp3) is 0.222. The molecule has 3 rings (SSSR count). The van der Waals surface area contributed by atoms with Crippen molar-refractivity contribution in [2.24, 2.45) is 0 Å². The lowest BCUT2D eigenvalue weighted by Crippen LogP contribution is -2.29. The molecule has 2 aliphatic rings. The number of hydrogen-bond donors (Lipinski definition) is 1. The van der Waals surface area contributed by atoms with Gasteiger partial charge in [-0.2, -0.15) is 8.42 Å². The molecule has 0 saturated carbocycles. The number of nitrogens with zero attached hydrogens (tertiary/aromatic N) is 1. The third kappa shape index (κ3) is 0.901. The highest BCUT2D eigenvalue weighted by Gasteiger charge is 2.36. The van der Waals surface area contributed by atoms with Crippen LogP contribution in [0.15, 0.2) is 18.2 Å². The summed E-state index contributed by atoms with van der Waals surface area (Å²) in [5, 5.41) is 0. The highest BCUT2D eigenvalue weighted by atomic mass is 32.2. The average Bonchev–Trinajstić information content (AvgIpc) is 2.41. The van der Waals surface area contributed by atoms with E-state index in [1.807, 2.05) is 12.1 Å². The Morgan fingerprint density at radius 1 is 1.43 bits per heavy atom. The average molecular weight is 208 g/mol. The van der Waals surface area contributed by atoms with Gasteiger partial charge in [-0.25, -0.2) is 4.31 Å². The summed E-state index contributed by atoms with van der Waals surface area (Å²) in [6, 6.07) is 5.59. The van der Waals surface area contributed by atoms with Gasteiger partial charge in [0.2, 0.25) is 0 Å². The molecule has 0 spiro atoms. The van der Waals surface area contributed by atoms with Gasteiger partial charge in [0.05, 0.1) is 11.4 Å². The van der Waals surface area contributed by atoms with Crippen molar-refractivity contribution in [3.8, 4) is 0 Å². The van der Waals surface area contributed by atoms with Gasteiger partial charge in [0.25, 0.3) is 0 Å². The first-order valence-corrected chi connectivity index (χ1v) is 5.81. The smallest absolute Gasteiger partial charge is 0.264 e. The molecule has 0 unspecified atom stereocenters. The minimum atomic E-state index is -3.40. The molecule has 4 nitrogen and oxygen atoms in total. The van der Waals surface area contributed by atoms with Gasteiger partial charge in [-0.1, -0.05) is 12.1 Å². The molecule has 72 valence electrons. The SMILES string of the molecule is O=S1(=O)Nc2cccc3c2N1[C]CC3. The van der Waals surface area contributed by atoms with E-state index in [4.69, 9.17) is 0 Å². The number of hydrogen-bond acceptors (Lipinski definition) is 2. The highest BCUT2D eigenvalue weighted by molar-refractivity contribution is 7.94. The van der Waals surface area contributed by atoms with Crippen molar-refractivity contribution >= 4 is 21.6 Å². The third-order valence-electron chi connectivity index (χ3n) is 2.45. The summed E-state index contributed by atoms with van der Waals surface area (Å²) in [7, 11) is -3.40. The van der Waals surface area contributed by atoms with Gasteiger partial charge in [-0.05, 0) is 24.5 Å². The summed E-state index contributed by atoms with van der Waals surface area (Å²) in [6.45, 7) is 2.85. The van der Waals surface area contributed by atoms with Crippen molar-refractivity contribution in [3.05, 3.63) is 30.3 Å². The maximum Gasteiger partial charge on any atom is 0.324 e. The molecule has 1 aromatic rings. The minimum Gasteiger partial charge on any atom is -0.264 e. The van der Waals surface area contributed by atoms with E-state index in [9.17, 15) is 8.42 Å². The fourth-order valence-electron chi connectivity index (χ4n) is 1.88. The maximum absolute atomic E-state index is 11.6. The van der Waals surface area contributed by atoms with Crippen LogP contribution < -0.4 is 9.03 Å². The Labute approximate surface area is 82.7 Å². The molecule has 1 N–H and O–H groups in total. The lowest BCUT2D eigenvalue weighted by atomic mass is 10.0. The van der Waals surface area contributed by atoms with Gasteiger partial charge >= 0.3 is 10.2 Å². The largest absolute Gasteiger partial charge is 0.324 e. The van der Waals surface area contributed by atoms with Crippen molar-refractivity contribution in [1.82, 2.24) is 0 Å². The Morgan fingerprint density at radius 2 is 2.29 bits per heavy atom. The quantitative estimate of drug-likeness (QED) is 0.695. The van der Waals surface area contributed by atoms with Gasteiger partial charge in [-0.15, -0.1) is 0 Å². The van der Waals surface area contributed by atoms with Crippen LogP contribution in [0.4, 0.5) is 11.4 Å². The molecular formula is C9H8N2O2S. The number of benzene rings is 1. The summed E-state index contributed by atoms with van der Waals surface area (Å²) >= 11 is 0. The van der Waals surface area contributed by atoms with E-state index in [2.05, 4.69) is 11.3 Å². The summed E-state index contributed by atoms with van der Waals surface area (Å²) in [5.74, 6) is 0. The number of para-hydroxylation sites is 1. The molecule has 0 fully saturated rings. The summed E-state index contributed by atoms with van der Waals surface area (Å²) in [5.41, 5.74) is 2.48. The van der Waals surface area contributed by atoms with Crippen molar-refractivity contribution in [1.29, 1.82) is 0 Å². The van der Waals surface area contributed by atoms with Crippen LogP contribution in [0.2, 0.25) is 0 Å². The van der Waals surface area contributed by atoms with E-state index in [0.29, 0.717) is 12.1 Å². The Morgan fingerprint density at radius 3 is 3.14 bits per heavy atom. The zero-order chi connectivity index (χ0) is 9.76. The Kier molecular flexibility index (Phi) is 1.40. The maximum atomic E-state index is 11.6. The molecule has 0 atom stereocenters. The van der Waals surface area contributed by atoms with Crippen molar-refractivity contribution in [2.75, 3.05) is 9.03 Å². The number of nitrogens with one attached hydrogen (secondary N) is 1. The van der Waals surface area contributed by atoms with Gasteiger partial charge in [-0.3, -0.25) is 4.72 Å². The van der Waals surface area contributed by atoms with Gasteiger partial charge in [0, 0.05) is 0 Å². The first-order chi connectivity index (χ1) is 6.68. The number of anilines is 2. The van der Waals surface area contributed by atoms with E-state index < -0.39 is 10.2 Å². The first kappa shape index (κ1) is 8.11. The molecule has 14 heavy (non-hydrogen) atoms. The number of aryl methyl sites for hydroxylation is 1. The van der Waals surface area contributed by atoms with Gasteiger partial charge in [0.1, 0.15) is 6.54 Å². The van der Waals surface area contributed by atoms with Crippen LogP contribution in [-0.2, 0) is 16.6 Å². The van der Waals surface area contributed by atoms with Crippen LogP contribution in [0, 0.1) is 6.54 Å². The van der Waals surface area contributed by atoms with Crippen molar-refractivity contribution < 1.29 is 8.42 Å². The van der Waals surface area contributed by atoms with E-state index in [0.717, 1.165) is 17.7 Å². The fourth-order valence-corrected chi connectivity index (χ4v) is 3.13. The molecule has 1 aromatic carbocycles. The second-order valence-electron chi connectivity index (χ2n) is 3.34. The molecule has 0 aliphatic carbocycles. The van der Waals surface area contributed by atoms with E-state index in [-0.39, 0.29) is 0 Å². The molecule has 0 saturated heterocycles. The molecular weight excluding hydrogens is 200 g/mol. The molecule has 2 heterocycles. The minimum absolute atomic E-state index is 0.650. The lowest BCUT2D eigenvalue weighted by Gasteiger charge is -2.22.